The van der Waals surface area contributed by atoms with Crippen LogP contribution in [0.2, 0.25) is 0 Å². The molecule has 1 aliphatic rings. The quantitative estimate of drug-likeness (QED) is 0.873. The number of hydrogen-bond acceptors (Lipinski definition) is 3. The van der Waals surface area contributed by atoms with Gasteiger partial charge in [-0.2, -0.15) is 5.10 Å². The molecule has 0 fully saturated rings. The van der Waals surface area contributed by atoms with Crippen LogP contribution >= 0.6 is 0 Å². The van der Waals surface area contributed by atoms with Gasteiger partial charge in [-0.1, -0.05) is 37.3 Å². The number of aromatic nitrogens is 2. The molecule has 1 aliphatic heterocycles. The number of benzene rings is 1. The van der Waals surface area contributed by atoms with E-state index in [4.69, 9.17) is 0 Å². The Hall–Kier alpha value is -2.63. The normalized spacial score (nSPS) is 16.0. The Bertz CT molecular complexity index is 709. The molecule has 0 aliphatic carbocycles. The summed E-state index contributed by atoms with van der Waals surface area (Å²) in [4.78, 5) is 23.9. The Kier molecular flexibility index (Phi) is 4.41. The highest BCUT2D eigenvalue weighted by Gasteiger charge is 2.28. The summed E-state index contributed by atoms with van der Waals surface area (Å²) in [6.07, 6.45) is 2.70. The van der Waals surface area contributed by atoms with E-state index in [0.29, 0.717) is 31.5 Å². The second-order valence-electron chi connectivity index (χ2n) is 5.68. The molecule has 1 atom stereocenters. The summed E-state index contributed by atoms with van der Waals surface area (Å²) >= 11 is 0. The fourth-order valence-corrected chi connectivity index (χ4v) is 2.78. The third-order valence-corrected chi connectivity index (χ3v) is 4.01. The fraction of sp³-hybridized carbons (Fsp3) is 0.353. The smallest absolute Gasteiger partial charge is 0.255 e. The lowest BCUT2D eigenvalue weighted by atomic mass is 10.1. The van der Waals surface area contributed by atoms with Crippen LogP contribution in [0.5, 0.6) is 0 Å². The van der Waals surface area contributed by atoms with Gasteiger partial charge in [0.1, 0.15) is 0 Å². The minimum Gasteiger partial charge on any atom is -0.351 e. The van der Waals surface area contributed by atoms with Crippen LogP contribution in [0.3, 0.4) is 0 Å². The predicted molar refractivity (Wildman–Crippen MR) is 85.8 cm³/mol. The van der Waals surface area contributed by atoms with E-state index >= 15 is 0 Å². The number of amides is 2. The van der Waals surface area contributed by atoms with Gasteiger partial charge >= 0.3 is 0 Å². The third kappa shape index (κ3) is 3.41. The lowest BCUT2D eigenvalue weighted by Crippen LogP contribution is -2.35. The van der Waals surface area contributed by atoms with Crippen molar-refractivity contribution in [2.45, 2.75) is 38.9 Å². The summed E-state index contributed by atoms with van der Waals surface area (Å²) in [5.41, 5.74) is 2.53. The second kappa shape index (κ2) is 6.64. The molecule has 2 N–H and O–H groups in total. The van der Waals surface area contributed by atoms with E-state index in [2.05, 4.69) is 15.7 Å². The third-order valence-electron chi connectivity index (χ3n) is 4.01. The molecule has 2 aromatic rings. The fourth-order valence-electron chi connectivity index (χ4n) is 2.78. The lowest BCUT2D eigenvalue weighted by molar-refractivity contribution is -0.121. The van der Waals surface area contributed by atoms with Crippen molar-refractivity contribution in [3.63, 3.8) is 0 Å². The molecule has 0 spiro atoms. The van der Waals surface area contributed by atoms with Crippen molar-refractivity contribution in [1.82, 2.24) is 20.4 Å². The van der Waals surface area contributed by atoms with Gasteiger partial charge in [0.2, 0.25) is 5.91 Å². The summed E-state index contributed by atoms with van der Waals surface area (Å²) in [5.74, 6) is -0.103. The van der Waals surface area contributed by atoms with E-state index in [9.17, 15) is 9.59 Å². The highest BCUT2D eigenvalue weighted by Crippen LogP contribution is 2.19. The molecule has 0 saturated carbocycles. The second-order valence-corrected chi connectivity index (χ2v) is 5.68. The molecule has 0 radical (unpaired) electrons. The SMILES string of the molecule is CCC(=O)NC1Cc2c(C(=O)NCc3ccccc3)cnn2C1. The van der Waals surface area contributed by atoms with Gasteiger partial charge < -0.3 is 10.6 Å². The first-order chi connectivity index (χ1) is 11.2. The molecule has 1 aromatic carbocycles. The predicted octanol–water partition coefficient (Wildman–Crippen LogP) is 1.26. The van der Waals surface area contributed by atoms with Gasteiger partial charge in [0.25, 0.3) is 5.91 Å². The summed E-state index contributed by atoms with van der Waals surface area (Å²) in [6, 6.07) is 9.80. The first kappa shape index (κ1) is 15.3. The maximum Gasteiger partial charge on any atom is 0.255 e. The van der Waals surface area contributed by atoms with Crippen LogP contribution in [0, 0.1) is 0 Å². The number of hydrogen-bond donors (Lipinski definition) is 2. The topological polar surface area (TPSA) is 76.0 Å². The Balaban J connectivity index is 1.62. The molecule has 6 nitrogen and oxygen atoms in total. The van der Waals surface area contributed by atoms with Gasteiger partial charge in [-0.25, -0.2) is 0 Å². The largest absolute Gasteiger partial charge is 0.351 e. The molecule has 1 unspecified atom stereocenters. The van der Waals surface area contributed by atoms with Gasteiger partial charge in [-0.05, 0) is 5.56 Å². The van der Waals surface area contributed by atoms with Crippen LogP contribution in [-0.2, 0) is 24.3 Å². The monoisotopic (exact) mass is 312 g/mol. The van der Waals surface area contributed by atoms with Crippen molar-refractivity contribution in [3.8, 4) is 0 Å². The maximum absolute atomic E-state index is 12.4. The summed E-state index contributed by atoms with van der Waals surface area (Å²) in [5, 5.41) is 10.1. The standard InChI is InChI=1S/C17H20N4O2/c1-2-16(22)20-13-8-15-14(10-19-21(15)11-13)17(23)18-9-12-6-4-3-5-7-12/h3-7,10,13H,2,8-9,11H2,1H3,(H,18,23)(H,20,22). The van der Waals surface area contributed by atoms with E-state index in [1.165, 1.54) is 0 Å². The number of carbonyl (C=O) groups is 2. The van der Waals surface area contributed by atoms with Crippen LogP contribution in [-0.4, -0.2) is 27.6 Å². The molecule has 0 saturated heterocycles. The highest BCUT2D eigenvalue weighted by atomic mass is 16.2. The minimum absolute atomic E-state index is 0.0202. The number of nitrogens with one attached hydrogen (secondary N) is 2. The van der Waals surface area contributed by atoms with Crippen molar-refractivity contribution in [2.75, 3.05) is 0 Å². The van der Waals surface area contributed by atoms with Gasteiger partial charge in [0.05, 0.1) is 30.0 Å². The zero-order valence-corrected chi connectivity index (χ0v) is 13.1. The van der Waals surface area contributed by atoms with E-state index in [1.54, 1.807) is 10.9 Å². The zero-order chi connectivity index (χ0) is 16.2. The lowest BCUT2D eigenvalue weighted by Gasteiger charge is -2.10. The van der Waals surface area contributed by atoms with E-state index < -0.39 is 0 Å². The van der Waals surface area contributed by atoms with Gasteiger partial charge in [-0.15, -0.1) is 0 Å². The van der Waals surface area contributed by atoms with Crippen LogP contribution in [0.1, 0.15) is 35.0 Å². The zero-order valence-electron chi connectivity index (χ0n) is 13.1. The molecule has 1 aromatic heterocycles. The summed E-state index contributed by atoms with van der Waals surface area (Å²) in [7, 11) is 0. The van der Waals surface area contributed by atoms with Crippen molar-refractivity contribution in [3.05, 3.63) is 53.3 Å². The maximum atomic E-state index is 12.4. The molecule has 6 heteroatoms. The van der Waals surface area contributed by atoms with E-state index in [0.717, 1.165) is 11.3 Å². The first-order valence-corrected chi connectivity index (χ1v) is 7.83. The summed E-state index contributed by atoms with van der Waals surface area (Å²) in [6.45, 7) is 2.93. The summed E-state index contributed by atoms with van der Waals surface area (Å²) < 4.78 is 1.80. The van der Waals surface area contributed by atoms with Crippen molar-refractivity contribution < 1.29 is 9.59 Å². The number of fused-ring (bicyclic) bond motifs is 1. The Morgan fingerprint density at radius 3 is 2.83 bits per heavy atom. The van der Waals surface area contributed by atoms with E-state index in [1.807, 2.05) is 37.3 Å². The minimum atomic E-state index is -0.127. The average Bonchev–Trinajstić information content (AvgIpc) is 3.13. The van der Waals surface area contributed by atoms with Crippen LogP contribution in [0.4, 0.5) is 0 Å². The first-order valence-electron chi connectivity index (χ1n) is 7.83. The van der Waals surface area contributed by atoms with Crippen molar-refractivity contribution in [2.24, 2.45) is 0 Å². The Morgan fingerprint density at radius 1 is 1.30 bits per heavy atom. The molecule has 23 heavy (non-hydrogen) atoms. The molecular formula is C17H20N4O2. The number of rotatable bonds is 5. The molecule has 2 heterocycles. The highest BCUT2D eigenvalue weighted by molar-refractivity contribution is 5.95. The van der Waals surface area contributed by atoms with Gasteiger partial charge in [-0.3, -0.25) is 14.3 Å². The van der Waals surface area contributed by atoms with E-state index in [-0.39, 0.29) is 17.9 Å². The van der Waals surface area contributed by atoms with Crippen molar-refractivity contribution in [1.29, 1.82) is 0 Å². The van der Waals surface area contributed by atoms with Crippen LogP contribution < -0.4 is 10.6 Å². The molecule has 120 valence electrons. The number of carbonyl (C=O) groups excluding carboxylic acids is 2. The Morgan fingerprint density at radius 2 is 2.09 bits per heavy atom. The number of nitrogens with zero attached hydrogens (tertiary/aromatic N) is 2. The van der Waals surface area contributed by atoms with Crippen LogP contribution in [0.15, 0.2) is 36.5 Å². The van der Waals surface area contributed by atoms with Crippen molar-refractivity contribution >= 4 is 11.8 Å². The van der Waals surface area contributed by atoms with Gasteiger partial charge in [0, 0.05) is 19.4 Å². The van der Waals surface area contributed by atoms with Gasteiger partial charge in [0.15, 0.2) is 0 Å². The molecular weight excluding hydrogens is 292 g/mol. The molecule has 3 rings (SSSR count). The molecule has 0 bridgehead atoms. The Labute approximate surface area is 134 Å². The molecule has 2 amide bonds. The van der Waals surface area contributed by atoms with Crippen LogP contribution in [0.25, 0.3) is 0 Å². The average molecular weight is 312 g/mol.